The number of carbonyl (C=O) groups is 1. The molecule has 1 N–H and O–H groups in total. The summed E-state index contributed by atoms with van der Waals surface area (Å²) in [7, 11) is 1.81. The summed E-state index contributed by atoms with van der Waals surface area (Å²) in [6.07, 6.45) is 1.11. The Balaban J connectivity index is 2.14. The Hall–Kier alpha value is -1.55. The molecule has 1 aromatic carbocycles. The molecule has 0 amide bonds. The van der Waals surface area contributed by atoms with Gasteiger partial charge in [0.15, 0.2) is 0 Å². The number of esters is 1. The van der Waals surface area contributed by atoms with Gasteiger partial charge in [-0.15, -0.1) is 0 Å². The van der Waals surface area contributed by atoms with Gasteiger partial charge in [0.05, 0.1) is 6.61 Å². The van der Waals surface area contributed by atoms with E-state index in [-0.39, 0.29) is 12.0 Å². The third-order valence-corrected chi connectivity index (χ3v) is 3.76. The highest BCUT2D eigenvalue weighted by atomic mass is 16.5. The Kier molecular flexibility index (Phi) is 5.01. The molecule has 0 aromatic heterocycles. The zero-order valence-electron chi connectivity index (χ0n) is 12.6. The third kappa shape index (κ3) is 3.31. The van der Waals surface area contributed by atoms with Crippen molar-refractivity contribution in [3.63, 3.8) is 0 Å². The monoisotopic (exact) mass is 276 g/mol. The van der Waals surface area contributed by atoms with Gasteiger partial charge < -0.3 is 15.0 Å². The van der Waals surface area contributed by atoms with Crippen molar-refractivity contribution >= 4 is 11.7 Å². The van der Waals surface area contributed by atoms with Gasteiger partial charge in [-0.05, 0) is 37.9 Å². The highest BCUT2D eigenvalue weighted by Crippen LogP contribution is 2.29. The van der Waals surface area contributed by atoms with Crippen LogP contribution in [0.15, 0.2) is 24.3 Å². The van der Waals surface area contributed by atoms with Gasteiger partial charge in [0, 0.05) is 18.8 Å². The molecule has 0 spiro atoms. The van der Waals surface area contributed by atoms with Gasteiger partial charge >= 0.3 is 5.97 Å². The molecule has 0 radical (unpaired) electrons. The van der Waals surface area contributed by atoms with E-state index in [0.717, 1.165) is 13.0 Å². The van der Waals surface area contributed by atoms with E-state index >= 15 is 0 Å². The van der Waals surface area contributed by atoms with Gasteiger partial charge in [-0.25, -0.2) is 0 Å². The smallest absolute Gasteiger partial charge is 0.324 e. The van der Waals surface area contributed by atoms with Crippen molar-refractivity contribution in [2.45, 2.75) is 26.3 Å². The highest BCUT2D eigenvalue weighted by molar-refractivity contribution is 5.77. The maximum atomic E-state index is 11.9. The van der Waals surface area contributed by atoms with Crippen LogP contribution in [0.4, 0.5) is 5.69 Å². The number of nitrogens with zero attached hydrogens (tertiary/aromatic N) is 1. The van der Waals surface area contributed by atoms with Gasteiger partial charge in [0.25, 0.3) is 0 Å². The molecule has 1 aromatic rings. The minimum absolute atomic E-state index is 0.175. The summed E-state index contributed by atoms with van der Waals surface area (Å²) < 4.78 is 5.12. The first-order valence-electron chi connectivity index (χ1n) is 7.32. The second kappa shape index (κ2) is 6.75. The number of hydrogen-bond acceptors (Lipinski definition) is 4. The molecule has 2 unspecified atom stereocenters. The lowest BCUT2D eigenvalue weighted by Gasteiger charge is -2.36. The number of rotatable bonds is 5. The predicted octanol–water partition coefficient (Wildman–Crippen LogP) is 1.84. The van der Waals surface area contributed by atoms with Gasteiger partial charge in [-0.3, -0.25) is 4.79 Å². The molecule has 1 heterocycles. The number of fused-ring (bicyclic) bond motifs is 1. The van der Waals surface area contributed by atoms with E-state index in [9.17, 15) is 4.79 Å². The zero-order chi connectivity index (χ0) is 14.5. The number of ether oxygens (including phenoxy) is 1. The molecule has 1 aliphatic rings. The van der Waals surface area contributed by atoms with Crippen molar-refractivity contribution in [2.24, 2.45) is 5.92 Å². The molecule has 4 heteroatoms. The van der Waals surface area contributed by atoms with Gasteiger partial charge in [-0.1, -0.05) is 25.1 Å². The summed E-state index contributed by atoms with van der Waals surface area (Å²) in [5, 5.41) is 3.06. The average molecular weight is 276 g/mol. The number of likely N-dealkylation sites (N-methyl/N-ethyl adjacent to an activating group) is 1. The lowest BCUT2D eigenvalue weighted by atomic mass is 9.93. The number of nitrogens with one attached hydrogen (secondary N) is 1. The molecule has 0 saturated heterocycles. The first kappa shape index (κ1) is 14.9. The minimum Gasteiger partial charge on any atom is -0.465 e. The quantitative estimate of drug-likeness (QED) is 0.833. The van der Waals surface area contributed by atoms with Gasteiger partial charge in [-0.2, -0.15) is 0 Å². The second-order valence-corrected chi connectivity index (χ2v) is 5.44. The van der Waals surface area contributed by atoms with Crippen molar-refractivity contribution in [3.8, 4) is 0 Å². The highest BCUT2D eigenvalue weighted by Gasteiger charge is 2.26. The molecule has 2 rings (SSSR count). The Morgan fingerprint density at radius 3 is 2.95 bits per heavy atom. The normalized spacial score (nSPS) is 19.4. The van der Waals surface area contributed by atoms with Crippen LogP contribution in [0.5, 0.6) is 0 Å². The Morgan fingerprint density at radius 1 is 1.50 bits per heavy atom. The minimum atomic E-state index is -0.284. The van der Waals surface area contributed by atoms with Crippen molar-refractivity contribution < 1.29 is 9.53 Å². The third-order valence-electron chi connectivity index (χ3n) is 3.76. The molecule has 0 bridgehead atoms. The van der Waals surface area contributed by atoms with Crippen LogP contribution in [-0.2, 0) is 16.0 Å². The van der Waals surface area contributed by atoms with Crippen LogP contribution < -0.4 is 10.2 Å². The van der Waals surface area contributed by atoms with Crippen molar-refractivity contribution in [2.75, 3.05) is 31.6 Å². The molecule has 110 valence electrons. The summed E-state index contributed by atoms with van der Waals surface area (Å²) in [6.45, 7) is 6.14. The van der Waals surface area contributed by atoms with Crippen LogP contribution >= 0.6 is 0 Å². The van der Waals surface area contributed by atoms with Crippen LogP contribution in [0.25, 0.3) is 0 Å². The lowest BCUT2D eigenvalue weighted by molar-refractivity contribution is -0.145. The summed E-state index contributed by atoms with van der Waals surface area (Å²) in [5.74, 6) is 0.426. The van der Waals surface area contributed by atoms with E-state index in [1.54, 1.807) is 7.05 Å². The van der Waals surface area contributed by atoms with Crippen molar-refractivity contribution in [3.05, 3.63) is 29.8 Å². The van der Waals surface area contributed by atoms with Crippen LogP contribution in [0, 0.1) is 5.92 Å². The van der Waals surface area contributed by atoms with E-state index in [4.69, 9.17) is 4.74 Å². The fourth-order valence-corrected chi connectivity index (χ4v) is 2.83. The molecule has 1 aliphatic heterocycles. The second-order valence-electron chi connectivity index (χ2n) is 5.44. The molecule has 0 saturated carbocycles. The first-order valence-corrected chi connectivity index (χ1v) is 7.32. The van der Waals surface area contributed by atoms with Crippen LogP contribution in [0.3, 0.4) is 0 Å². The molecule has 4 nitrogen and oxygen atoms in total. The molecule has 0 fully saturated rings. The van der Waals surface area contributed by atoms with E-state index in [1.807, 2.05) is 6.92 Å². The van der Waals surface area contributed by atoms with Crippen molar-refractivity contribution in [1.29, 1.82) is 0 Å². The topological polar surface area (TPSA) is 41.6 Å². The summed E-state index contributed by atoms with van der Waals surface area (Å²) >= 11 is 0. The van der Waals surface area contributed by atoms with Gasteiger partial charge in [0.2, 0.25) is 0 Å². The molecule has 0 aliphatic carbocycles. The molecule has 20 heavy (non-hydrogen) atoms. The molecular formula is C16H24N2O2. The van der Waals surface area contributed by atoms with Crippen molar-refractivity contribution in [1.82, 2.24) is 5.32 Å². The predicted molar refractivity (Wildman–Crippen MR) is 81.0 cm³/mol. The molecule has 2 atom stereocenters. The number of anilines is 1. The SMILES string of the molecule is CCOC(=O)C(CN1CC(C)Cc2ccccc21)NC. The van der Waals surface area contributed by atoms with E-state index < -0.39 is 0 Å². The van der Waals surface area contributed by atoms with Crippen LogP contribution in [0.1, 0.15) is 19.4 Å². The first-order chi connectivity index (χ1) is 9.65. The Labute approximate surface area is 121 Å². The largest absolute Gasteiger partial charge is 0.465 e. The maximum Gasteiger partial charge on any atom is 0.324 e. The average Bonchev–Trinajstić information content (AvgIpc) is 2.44. The summed E-state index contributed by atoms with van der Waals surface area (Å²) in [5.41, 5.74) is 2.61. The van der Waals surface area contributed by atoms with Crippen LogP contribution in [0.2, 0.25) is 0 Å². The Morgan fingerprint density at radius 2 is 2.25 bits per heavy atom. The number of carbonyl (C=O) groups excluding carboxylic acids is 1. The lowest BCUT2D eigenvalue weighted by Crippen LogP contribution is -2.48. The zero-order valence-corrected chi connectivity index (χ0v) is 12.6. The summed E-state index contributed by atoms with van der Waals surface area (Å²) in [4.78, 5) is 14.2. The standard InChI is InChI=1S/C16H24N2O2/c1-4-20-16(19)14(17-3)11-18-10-12(2)9-13-7-5-6-8-15(13)18/h5-8,12,14,17H,4,9-11H2,1-3H3. The number of para-hydroxylation sites is 1. The number of benzene rings is 1. The maximum absolute atomic E-state index is 11.9. The summed E-state index contributed by atoms with van der Waals surface area (Å²) in [6, 6.07) is 8.17. The molecular weight excluding hydrogens is 252 g/mol. The fraction of sp³-hybridized carbons (Fsp3) is 0.562. The van der Waals surface area contributed by atoms with Crippen LogP contribution in [-0.4, -0.2) is 38.8 Å². The Bertz CT molecular complexity index is 462. The van der Waals surface area contributed by atoms with Gasteiger partial charge in [0.1, 0.15) is 6.04 Å². The van der Waals surface area contributed by atoms with E-state index in [2.05, 4.69) is 41.4 Å². The van der Waals surface area contributed by atoms with E-state index in [0.29, 0.717) is 19.1 Å². The fourth-order valence-electron chi connectivity index (χ4n) is 2.83. The number of hydrogen-bond donors (Lipinski definition) is 1. The van der Waals surface area contributed by atoms with E-state index in [1.165, 1.54) is 11.3 Å².